The molecule has 0 amide bonds. The summed E-state index contributed by atoms with van der Waals surface area (Å²) in [5, 5.41) is 3.67. The minimum atomic E-state index is 1.13. The van der Waals surface area contributed by atoms with E-state index in [2.05, 4.69) is 52.7 Å². The molecule has 1 atom stereocenters. The smallest absolute Gasteiger partial charge is 0.0171 e. The van der Waals surface area contributed by atoms with Crippen molar-refractivity contribution in [2.24, 2.45) is 0 Å². The third kappa shape index (κ3) is 3.05. The van der Waals surface area contributed by atoms with E-state index in [4.69, 9.17) is 0 Å². The lowest BCUT2D eigenvalue weighted by molar-refractivity contribution is 1.50. The van der Waals surface area contributed by atoms with Crippen LogP contribution in [0.5, 0.6) is 0 Å². The van der Waals surface area contributed by atoms with Gasteiger partial charge in [0.15, 0.2) is 0 Å². The Morgan fingerprint density at radius 1 is 0.882 bits per heavy atom. The molecule has 0 aliphatic rings. The van der Waals surface area contributed by atoms with Gasteiger partial charge >= 0.3 is 0 Å². The van der Waals surface area contributed by atoms with Gasteiger partial charge in [0.05, 0.1) is 0 Å². The van der Waals surface area contributed by atoms with Crippen molar-refractivity contribution >= 4 is 37.5 Å². The molecule has 0 heterocycles. The molecule has 0 radical (unpaired) electrons. The van der Waals surface area contributed by atoms with Gasteiger partial charge in [-0.25, -0.2) is 0 Å². The molecule has 0 aromatic heterocycles. The van der Waals surface area contributed by atoms with Crippen LogP contribution < -0.4 is 5.30 Å². The lowest BCUT2D eigenvalue weighted by Gasteiger charge is -2.05. The topological polar surface area (TPSA) is 0 Å². The van der Waals surface area contributed by atoms with Crippen molar-refractivity contribution in [3.05, 3.63) is 54.6 Å². The Labute approximate surface area is 106 Å². The van der Waals surface area contributed by atoms with Crippen LogP contribution in [0.1, 0.15) is 25.0 Å². The van der Waals surface area contributed by atoms with Gasteiger partial charge in [0.25, 0.3) is 0 Å². The molecule has 0 spiro atoms. The number of benzene rings is 2. The van der Waals surface area contributed by atoms with Crippen LogP contribution in [0.3, 0.4) is 0 Å². The second kappa shape index (κ2) is 6.37. The van der Waals surface area contributed by atoms with E-state index in [0.29, 0.717) is 0 Å². The normalized spacial score (nSPS) is 9.35. The first-order valence-corrected chi connectivity index (χ1v) is 6.40. The molecule has 0 saturated heterocycles. The van der Waals surface area contributed by atoms with E-state index < -0.39 is 0 Å². The molecule has 88 valence electrons. The van der Waals surface area contributed by atoms with Crippen molar-refractivity contribution in [3.63, 3.8) is 0 Å². The minimum Gasteiger partial charge on any atom is -0.106 e. The summed E-state index contributed by atoms with van der Waals surface area (Å²) in [6, 6.07) is 10.7. The fraction of sp³-hybridized carbons (Fsp3) is 0.125. The zero-order valence-corrected chi connectivity index (χ0v) is 11.7. The van der Waals surface area contributed by atoms with Crippen molar-refractivity contribution in [1.29, 1.82) is 0 Å². The van der Waals surface area contributed by atoms with Gasteiger partial charge in [-0.1, -0.05) is 51.3 Å². The van der Waals surface area contributed by atoms with E-state index >= 15 is 0 Å². The third-order valence-electron chi connectivity index (χ3n) is 2.51. The Bertz CT molecular complexity index is 538. The van der Waals surface area contributed by atoms with Gasteiger partial charge in [0.2, 0.25) is 0 Å². The molecule has 0 bridgehead atoms. The maximum Gasteiger partial charge on any atom is -0.0171 e. The first-order valence-electron chi connectivity index (χ1n) is 5.83. The molecule has 1 unspecified atom stereocenters. The van der Waals surface area contributed by atoms with Gasteiger partial charge in [0.1, 0.15) is 0 Å². The van der Waals surface area contributed by atoms with E-state index in [1.807, 2.05) is 26.0 Å². The minimum absolute atomic E-state index is 1.13. The Morgan fingerprint density at radius 3 is 1.94 bits per heavy atom. The molecule has 1 heteroatoms. The number of fused-ring (bicyclic) bond motifs is 1. The van der Waals surface area contributed by atoms with Gasteiger partial charge in [0, 0.05) is 0 Å². The largest absolute Gasteiger partial charge is 0.106 e. The molecule has 0 fully saturated rings. The molecule has 2 rings (SSSR count). The molecular formula is C16H19P. The lowest BCUT2D eigenvalue weighted by atomic mass is 10.0. The molecule has 0 N–H and O–H groups in total. The summed E-state index contributed by atoms with van der Waals surface area (Å²) in [6.07, 6.45) is 3.73. The molecule has 0 saturated carbocycles. The van der Waals surface area contributed by atoms with E-state index in [-0.39, 0.29) is 0 Å². The fourth-order valence-corrected chi connectivity index (χ4v) is 1.98. The maximum absolute atomic E-state index is 3.82. The van der Waals surface area contributed by atoms with Crippen molar-refractivity contribution in [2.45, 2.75) is 13.8 Å². The van der Waals surface area contributed by atoms with Crippen LogP contribution in [0.25, 0.3) is 22.9 Å². The van der Waals surface area contributed by atoms with Crippen molar-refractivity contribution < 1.29 is 0 Å². The Kier molecular flexibility index (Phi) is 5.12. The molecule has 0 aliphatic heterocycles. The summed E-state index contributed by atoms with van der Waals surface area (Å²) < 4.78 is 0. The van der Waals surface area contributed by atoms with Crippen molar-refractivity contribution in [2.75, 3.05) is 0 Å². The molecule has 17 heavy (non-hydrogen) atoms. The summed E-state index contributed by atoms with van der Waals surface area (Å²) >= 11 is 0. The van der Waals surface area contributed by atoms with Crippen LogP contribution in [0.15, 0.2) is 43.5 Å². The van der Waals surface area contributed by atoms with E-state index in [1.54, 1.807) is 0 Å². The number of rotatable bonds is 2. The Morgan fingerprint density at radius 2 is 1.41 bits per heavy atom. The standard InChI is InChI=1S/C14H13P.C2H6/c1-3-10-7-12-5-6-14(15)9-13(12)8-11(10)4-2;1-2/h3-9H,1-2,15H2;1-2H3. The Hall–Kier alpha value is -1.39. The molecule has 2 aromatic carbocycles. The van der Waals surface area contributed by atoms with Crippen molar-refractivity contribution in [1.82, 2.24) is 0 Å². The predicted molar refractivity (Wildman–Crippen MR) is 84.8 cm³/mol. The van der Waals surface area contributed by atoms with Crippen LogP contribution >= 0.6 is 9.24 Å². The van der Waals surface area contributed by atoms with Crippen LogP contribution in [-0.4, -0.2) is 0 Å². The predicted octanol–water partition coefficient (Wildman–Crippen LogP) is 4.65. The molecule has 0 aliphatic carbocycles. The van der Waals surface area contributed by atoms with Gasteiger partial charge < -0.3 is 0 Å². The summed E-state index contributed by atoms with van der Waals surface area (Å²) in [5.74, 6) is 0. The first-order chi connectivity index (χ1) is 8.24. The summed E-state index contributed by atoms with van der Waals surface area (Å²) in [5.41, 5.74) is 2.27. The SMILES string of the molecule is C=Cc1cc2ccc(P)cc2cc1C=C.CC. The fourth-order valence-electron chi connectivity index (χ4n) is 1.70. The number of hydrogen-bond donors (Lipinski definition) is 0. The average molecular weight is 242 g/mol. The lowest BCUT2D eigenvalue weighted by Crippen LogP contribution is -1.90. The van der Waals surface area contributed by atoms with Gasteiger partial charge in [-0.15, -0.1) is 9.24 Å². The van der Waals surface area contributed by atoms with Gasteiger partial charge in [-0.2, -0.15) is 0 Å². The zero-order chi connectivity index (χ0) is 12.8. The van der Waals surface area contributed by atoms with Gasteiger partial charge in [-0.05, 0) is 45.4 Å². The quantitative estimate of drug-likeness (QED) is 0.672. The summed E-state index contributed by atoms with van der Waals surface area (Å²) in [6.45, 7) is 11.6. The number of hydrogen-bond acceptors (Lipinski definition) is 0. The molecule has 2 aromatic rings. The van der Waals surface area contributed by atoms with Crippen molar-refractivity contribution in [3.8, 4) is 0 Å². The van der Waals surface area contributed by atoms with E-state index in [9.17, 15) is 0 Å². The third-order valence-corrected chi connectivity index (χ3v) is 2.87. The highest BCUT2D eigenvalue weighted by molar-refractivity contribution is 7.27. The highest BCUT2D eigenvalue weighted by Gasteiger charge is 1.99. The Balaban J connectivity index is 0.000000686. The van der Waals surface area contributed by atoms with Crippen LogP contribution in [0.2, 0.25) is 0 Å². The highest BCUT2D eigenvalue weighted by atomic mass is 31.0. The summed E-state index contributed by atoms with van der Waals surface area (Å²) in [7, 11) is 2.71. The molecular weight excluding hydrogens is 223 g/mol. The molecule has 0 nitrogen and oxygen atoms in total. The first kappa shape index (κ1) is 13.7. The highest BCUT2D eigenvalue weighted by Crippen LogP contribution is 2.21. The van der Waals surface area contributed by atoms with Crippen LogP contribution in [0.4, 0.5) is 0 Å². The summed E-state index contributed by atoms with van der Waals surface area (Å²) in [4.78, 5) is 0. The second-order valence-electron chi connectivity index (χ2n) is 3.50. The van der Waals surface area contributed by atoms with E-state index in [0.717, 1.165) is 11.1 Å². The zero-order valence-electron chi connectivity index (χ0n) is 10.5. The van der Waals surface area contributed by atoms with Gasteiger partial charge in [-0.3, -0.25) is 0 Å². The second-order valence-corrected chi connectivity index (χ2v) is 4.16. The van der Waals surface area contributed by atoms with Crippen LogP contribution in [-0.2, 0) is 0 Å². The van der Waals surface area contributed by atoms with E-state index in [1.165, 1.54) is 16.1 Å². The monoisotopic (exact) mass is 242 g/mol. The maximum atomic E-state index is 3.82. The van der Waals surface area contributed by atoms with Crippen LogP contribution in [0, 0.1) is 0 Å². The average Bonchev–Trinajstić information content (AvgIpc) is 2.39.